The second-order valence-corrected chi connectivity index (χ2v) is 8.20. The van der Waals surface area contributed by atoms with Gasteiger partial charge >= 0.3 is 0 Å². The van der Waals surface area contributed by atoms with Gasteiger partial charge in [0.2, 0.25) is 5.91 Å². The van der Waals surface area contributed by atoms with Gasteiger partial charge in [0.1, 0.15) is 0 Å². The lowest BCUT2D eigenvalue weighted by Crippen LogP contribution is -2.27. The Morgan fingerprint density at radius 1 is 1.10 bits per heavy atom. The van der Waals surface area contributed by atoms with E-state index in [9.17, 15) is 4.79 Å². The quantitative estimate of drug-likeness (QED) is 0.489. The number of carbonyl (C=O) groups is 1. The molecular formula is C25H29N5O. The average Bonchev–Trinajstić information content (AvgIpc) is 3.27. The van der Waals surface area contributed by atoms with Crippen molar-refractivity contribution < 1.29 is 4.79 Å². The van der Waals surface area contributed by atoms with Crippen molar-refractivity contribution in [1.29, 1.82) is 0 Å². The maximum atomic E-state index is 12.7. The van der Waals surface area contributed by atoms with Gasteiger partial charge in [-0.05, 0) is 57.9 Å². The lowest BCUT2D eigenvalue weighted by atomic mass is 10.1. The highest BCUT2D eigenvalue weighted by Gasteiger charge is 2.16. The maximum absolute atomic E-state index is 12.7. The number of para-hydroxylation sites is 1. The van der Waals surface area contributed by atoms with E-state index >= 15 is 0 Å². The van der Waals surface area contributed by atoms with Crippen molar-refractivity contribution in [3.05, 3.63) is 77.4 Å². The lowest BCUT2D eigenvalue weighted by molar-refractivity contribution is -0.120. The molecule has 1 aromatic carbocycles. The molecule has 6 heteroatoms. The summed E-state index contributed by atoms with van der Waals surface area (Å²) in [5.41, 5.74) is 5.27. The molecule has 0 radical (unpaired) electrons. The van der Waals surface area contributed by atoms with Gasteiger partial charge in [-0.25, -0.2) is 9.67 Å². The Kier molecular flexibility index (Phi) is 5.89. The van der Waals surface area contributed by atoms with E-state index < -0.39 is 0 Å². The van der Waals surface area contributed by atoms with Gasteiger partial charge in [0.15, 0.2) is 5.82 Å². The molecule has 0 aliphatic carbocycles. The minimum Gasteiger partial charge on any atom is -0.355 e. The smallest absolute Gasteiger partial charge is 0.224 e. The normalized spacial score (nSPS) is 11.4. The number of amides is 1. The first-order valence-electron chi connectivity index (χ1n) is 10.8. The third-order valence-corrected chi connectivity index (χ3v) is 5.74. The number of aromatic nitrogens is 4. The molecule has 31 heavy (non-hydrogen) atoms. The summed E-state index contributed by atoms with van der Waals surface area (Å²) in [7, 11) is 0. The number of aryl methyl sites for hydroxylation is 1. The maximum Gasteiger partial charge on any atom is 0.224 e. The fraction of sp³-hybridized carbons (Fsp3) is 0.320. The highest BCUT2D eigenvalue weighted by atomic mass is 16.1. The van der Waals surface area contributed by atoms with E-state index in [0.717, 1.165) is 29.2 Å². The van der Waals surface area contributed by atoms with Gasteiger partial charge in [-0.2, -0.15) is 5.10 Å². The van der Waals surface area contributed by atoms with Gasteiger partial charge in [0.25, 0.3) is 0 Å². The summed E-state index contributed by atoms with van der Waals surface area (Å²) in [6.07, 6.45) is 5.08. The second-order valence-electron chi connectivity index (χ2n) is 8.20. The third kappa shape index (κ3) is 4.24. The zero-order chi connectivity index (χ0) is 22.0. The summed E-state index contributed by atoms with van der Waals surface area (Å²) < 4.78 is 4.10. The van der Waals surface area contributed by atoms with Crippen LogP contribution in [-0.2, 0) is 17.6 Å². The third-order valence-electron chi connectivity index (χ3n) is 5.74. The standard InChI is InChI=1S/C25H29N5O/c1-17(2)29-16-20(21-9-5-6-10-23(21)29)12-14-27-25(31)15-22-18(3)28-30(19(22)4)24-11-7-8-13-26-24/h5-11,13,16-17H,12,14-15H2,1-4H3,(H,27,31). The van der Waals surface area contributed by atoms with E-state index in [-0.39, 0.29) is 5.91 Å². The number of hydrogen-bond acceptors (Lipinski definition) is 3. The van der Waals surface area contributed by atoms with Crippen LogP contribution < -0.4 is 5.32 Å². The zero-order valence-electron chi connectivity index (χ0n) is 18.6. The van der Waals surface area contributed by atoms with E-state index in [1.54, 1.807) is 10.9 Å². The molecule has 0 fully saturated rings. The molecule has 1 N–H and O–H groups in total. The number of rotatable bonds is 7. The summed E-state index contributed by atoms with van der Waals surface area (Å²) in [6, 6.07) is 14.6. The van der Waals surface area contributed by atoms with Crippen LogP contribution in [0.1, 0.15) is 42.4 Å². The topological polar surface area (TPSA) is 64.7 Å². The predicted octanol–water partition coefficient (Wildman–Crippen LogP) is 4.32. The van der Waals surface area contributed by atoms with Crippen LogP contribution in [0.15, 0.2) is 54.9 Å². The minimum atomic E-state index is 0.0133. The van der Waals surface area contributed by atoms with E-state index in [0.29, 0.717) is 19.0 Å². The first-order chi connectivity index (χ1) is 15.0. The summed E-state index contributed by atoms with van der Waals surface area (Å²) in [6.45, 7) is 8.91. The monoisotopic (exact) mass is 415 g/mol. The van der Waals surface area contributed by atoms with E-state index in [1.807, 2.05) is 32.0 Å². The van der Waals surface area contributed by atoms with Crippen molar-refractivity contribution in [2.24, 2.45) is 0 Å². The van der Waals surface area contributed by atoms with Gasteiger partial charge in [-0.1, -0.05) is 24.3 Å². The van der Waals surface area contributed by atoms with E-state index in [2.05, 4.69) is 64.3 Å². The Labute approximate surface area is 182 Å². The average molecular weight is 416 g/mol. The Balaban J connectivity index is 1.42. The highest BCUT2D eigenvalue weighted by molar-refractivity contribution is 5.84. The molecule has 0 aliphatic rings. The summed E-state index contributed by atoms with van der Waals surface area (Å²) >= 11 is 0. The molecule has 4 aromatic rings. The molecule has 0 unspecified atom stereocenters. The first kappa shape index (κ1) is 20.8. The van der Waals surface area contributed by atoms with Gasteiger partial charge in [-0.3, -0.25) is 4.79 Å². The molecule has 6 nitrogen and oxygen atoms in total. The minimum absolute atomic E-state index is 0.0133. The molecule has 0 bridgehead atoms. The van der Waals surface area contributed by atoms with Crippen LogP contribution in [0.4, 0.5) is 0 Å². The van der Waals surface area contributed by atoms with Gasteiger partial charge < -0.3 is 9.88 Å². The fourth-order valence-corrected chi connectivity index (χ4v) is 4.10. The van der Waals surface area contributed by atoms with Crippen molar-refractivity contribution in [3.8, 4) is 5.82 Å². The van der Waals surface area contributed by atoms with E-state index in [1.165, 1.54) is 16.5 Å². The first-order valence-corrected chi connectivity index (χ1v) is 10.8. The van der Waals surface area contributed by atoms with Crippen LogP contribution in [0.5, 0.6) is 0 Å². The molecule has 0 saturated heterocycles. The van der Waals surface area contributed by atoms with Crippen LogP contribution in [0.2, 0.25) is 0 Å². The second kappa shape index (κ2) is 8.76. The van der Waals surface area contributed by atoms with Crippen molar-refractivity contribution >= 4 is 16.8 Å². The number of pyridine rings is 1. The largest absolute Gasteiger partial charge is 0.355 e. The molecule has 0 saturated carbocycles. The Morgan fingerprint density at radius 2 is 1.87 bits per heavy atom. The lowest BCUT2D eigenvalue weighted by Gasteiger charge is -2.08. The summed E-state index contributed by atoms with van der Waals surface area (Å²) in [5.74, 6) is 0.774. The number of nitrogens with one attached hydrogen (secondary N) is 1. The van der Waals surface area contributed by atoms with Crippen molar-refractivity contribution in [1.82, 2.24) is 24.6 Å². The number of benzene rings is 1. The van der Waals surface area contributed by atoms with Crippen LogP contribution in [-0.4, -0.2) is 31.8 Å². The number of hydrogen-bond donors (Lipinski definition) is 1. The van der Waals surface area contributed by atoms with Crippen LogP contribution in [0.3, 0.4) is 0 Å². The highest BCUT2D eigenvalue weighted by Crippen LogP contribution is 2.25. The van der Waals surface area contributed by atoms with Gasteiger partial charge in [-0.15, -0.1) is 0 Å². The van der Waals surface area contributed by atoms with Crippen LogP contribution in [0, 0.1) is 13.8 Å². The van der Waals surface area contributed by atoms with Crippen molar-refractivity contribution in [2.75, 3.05) is 6.54 Å². The summed E-state index contributed by atoms with van der Waals surface area (Å²) in [5, 5.41) is 8.93. The van der Waals surface area contributed by atoms with Gasteiger partial charge in [0.05, 0.1) is 12.1 Å². The van der Waals surface area contributed by atoms with Crippen molar-refractivity contribution in [2.45, 2.75) is 46.6 Å². The Bertz CT molecular complexity index is 1200. The zero-order valence-corrected chi connectivity index (χ0v) is 18.6. The molecular weight excluding hydrogens is 386 g/mol. The van der Waals surface area contributed by atoms with Crippen LogP contribution in [0.25, 0.3) is 16.7 Å². The molecule has 0 spiro atoms. The SMILES string of the molecule is Cc1nn(-c2ccccn2)c(C)c1CC(=O)NCCc1cn(C(C)C)c2ccccc12. The molecule has 3 aromatic heterocycles. The Morgan fingerprint density at radius 3 is 2.61 bits per heavy atom. The van der Waals surface area contributed by atoms with Crippen molar-refractivity contribution in [3.63, 3.8) is 0 Å². The number of carbonyl (C=O) groups excluding carboxylic acids is 1. The number of fused-ring (bicyclic) bond motifs is 1. The van der Waals surface area contributed by atoms with Gasteiger partial charge in [0, 0.05) is 47.1 Å². The predicted molar refractivity (Wildman–Crippen MR) is 124 cm³/mol. The number of nitrogens with zero attached hydrogens (tertiary/aromatic N) is 4. The fourth-order valence-electron chi connectivity index (χ4n) is 4.10. The molecule has 1 amide bonds. The summed E-state index contributed by atoms with van der Waals surface area (Å²) in [4.78, 5) is 17.0. The molecule has 0 atom stereocenters. The van der Waals surface area contributed by atoms with Crippen LogP contribution >= 0.6 is 0 Å². The Hall–Kier alpha value is -3.41. The molecule has 0 aliphatic heterocycles. The van der Waals surface area contributed by atoms with E-state index in [4.69, 9.17) is 0 Å². The molecule has 3 heterocycles. The molecule has 160 valence electrons. The molecule has 4 rings (SSSR count).